The molecule has 3 atom stereocenters. The largest absolute Gasteiger partial charge is 0.471 e. The van der Waals surface area contributed by atoms with Crippen molar-refractivity contribution in [3.05, 3.63) is 0 Å². The highest BCUT2D eigenvalue weighted by molar-refractivity contribution is 5.88. The summed E-state index contributed by atoms with van der Waals surface area (Å²) in [5.74, 6) is -4.21. The summed E-state index contributed by atoms with van der Waals surface area (Å²) in [6.07, 6.45) is -6.57. The molecule has 3 unspecified atom stereocenters. The zero-order valence-corrected chi connectivity index (χ0v) is 12.1. The van der Waals surface area contributed by atoms with Crippen LogP contribution in [0.3, 0.4) is 0 Å². The summed E-state index contributed by atoms with van der Waals surface area (Å²) in [5.41, 5.74) is 0. The van der Waals surface area contributed by atoms with Crippen LogP contribution in [0, 0.1) is 0 Å². The van der Waals surface area contributed by atoms with Crippen LogP contribution in [0.25, 0.3) is 0 Å². The van der Waals surface area contributed by atoms with Gasteiger partial charge in [0.15, 0.2) is 6.04 Å². The molecule has 0 saturated heterocycles. The molecule has 0 aromatic heterocycles. The summed E-state index contributed by atoms with van der Waals surface area (Å²) in [6.45, 7) is 5.45. The van der Waals surface area contributed by atoms with E-state index in [1.54, 1.807) is 6.92 Å². The lowest BCUT2D eigenvalue weighted by Gasteiger charge is -2.25. The van der Waals surface area contributed by atoms with Crippen molar-refractivity contribution in [2.24, 2.45) is 0 Å². The number of amides is 1. The SMILES string of the molecule is CCC(C)OC(=O)C(NC(=O)C(F)(F)F)C(C)OC(C)=O. The lowest BCUT2D eigenvalue weighted by atomic mass is 10.1. The maximum Gasteiger partial charge on any atom is 0.471 e. The van der Waals surface area contributed by atoms with Crippen LogP contribution in [-0.4, -0.2) is 42.3 Å². The number of alkyl halides is 3. The van der Waals surface area contributed by atoms with E-state index in [0.717, 1.165) is 6.92 Å². The molecule has 122 valence electrons. The van der Waals surface area contributed by atoms with Gasteiger partial charge in [0, 0.05) is 6.92 Å². The smallest absolute Gasteiger partial charge is 0.461 e. The summed E-state index contributed by atoms with van der Waals surface area (Å²) >= 11 is 0. The van der Waals surface area contributed by atoms with Crippen molar-refractivity contribution in [2.75, 3.05) is 0 Å². The van der Waals surface area contributed by atoms with Gasteiger partial charge in [-0.3, -0.25) is 9.59 Å². The third kappa shape index (κ3) is 6.96. The Hall–Kier alpha value is -1.80. The number of halogens is 3. The Bertz CT molecular complexity index is 397. The molecule has 9 heteroatoms. The average Bonchev–Trinajstić information content (AvgIpc) is 2.32. The van der Waals surface area contributed by atoms with E-state index in [4.69, 9.17) is 4.74 Å². The number of hydrogen-bond acceptors (Lipinski definition) is 5. The zero-order valence-electron chi connectivity index (χ0n) is 12.1. The molecule has 0 saturated carbocycles. The number of nitrogens with one attached hydrogen (secondary N) is 1. The highest BCUT2D eigenvalue weighted by Crippen LogP contribution is 2.16. The minimum atomic E-state index is -5.16. The molecule has 0 aliphatic carbocycles. The summed E-state index contributed by atoms with van der Waals surface area (Å²) in [4.78, 5) is 33.6. The van der Waals surface area contributed by atoms with Gasteiger partial charge in [-0.1, -0.05) is 6.92 Å². The predicted octanol–water partition coefficient (Wildman–Crippen LogP) is 1.33. The van der Waals surface area contributed by atoms with Gasteiger partial charge in [0.1, 0.15) is 6.10 Å². The van der Waals surface area contributed by atoms with Crippen molar-refractivity contribution in [1.82, 2.24) is 5.32 Å². The molecule has 0 spiro atoms. The molecule has 0 aliphatic rings. The summed E-state index contributed by atoms with van der Waals surface area (Å²) in [7, 11) is 0. The average molecular weight is 313 g/mol. The topological polar surface area (TPSA) is 81.7 Å². The van der Waals surface area contributed by atoms with Crippen molar-refractivity contribution in [2.45, 2.75) is 58.5 Å². The first kappa shape index (κ1) is 19.2. The van der Waals surface area contributed by atoms with Crippen molar-refractivity contribution < 1.29 is 37.0 Å². The minimum absolute atomic E-state index is 0.438. The first-order valence-electron chi connectivity index (χ1n) is 6.24. The molecule has 0 fully saturated rings. The van der Waals surface area contributed by atoms with Crippen molar-refractivity contribution >= 4 is 17.8 Å². The van der Waals surface area contributed by atoms with Crippen LogP contribution in [0.4, 0.5) is 13.2 Å². The molecule has 1 amide bonds. The third-order valence-electron chi connectivity index (χ3n) is 2.51. The molecule has 0 aromatic carbocycles. The lowest BCUT2D eigenvalue weighted by molar-refractivity contribution is -0.178. The molecule has 0 radical (unpaired) electrons. The Morgan fingerprint density at radius 1 is 1.14 bits per heavy atom. The number of esters is 2. The number of ether oxygens (including phenoxy) is 2. The van der Waals surface area contributed by atoms with Crippen LogP contribution < -0.4 is 5.32 Å². The zero-order chi connectivity index (χ0) is 16.8. The monoisotopic (exact) mass is 313 g/mol. The van der Waals surface area contributed by atoms with E-state index in [-0.39, 0.29) is 0 Å². The number of hydrogen-bond donors (Lipinski definition) is 1. The molecule has 6 nitrogen and oxygen atoms in total. The van der Waals surface area contributed by atoms with Gasteiger partial charge in [-0.05, 0) is 20.3 Å². The molecular formula is C12H18F3NO5. The summed E-state index contributed by atoms with van der Waals surface area (Å²) in [6, 6.07) is -1.74. The molecule has 1 N–H and O–H groups in total. The Balaban J connectivity index is 5.04. The fraction of sp³-hybridized carbons (Fsp3) is 0.750. The quantitative estimate of drug-likeness (QED) is 0.748. The normalized spacial score (nSPS) is 15.6. The molecular weight excluding hydrogens is 295 g/mol. The second kappa shape index (κ2) is 7.84. The van der Waals surface area contributed by atoms with E-state index in [2.05, 4.69) is 4.74 Å². The Morgan fingerprint density at radius 2 is 1.67 bits per heavy atom. The van der Waals surface area contributed by atoms with Gasteiger partial charge in [-0.25, -0.2) is 4.79 Å². The Labute approximate surface area is 120 Å². The van der Waals surface area contributed by atoms with Crippen LogP contribution >= 0.6 is 0 Å². The second-order valence-corrected chi connectivity index (χ2v) is 4.42. The fourth-order valence-corrected chi connectivity index (χ4v) is 1.28. The van der Waals surface area contributed by atoms with E-state index >= 15 is 0 Å². The minimum Gasteiger partial charge on any atom is -0.461 e. The Kier molecular flexibility index (Phi) is 7.17. The number of carbonyl (C=O) groups excluding carboxylic acids is 3. The number of rotatable bonds is 6. The van der Waals surface area contributed by atoms with Crippen LogP contribution in [0.5, 0.6) is 0 Å². The first-order chi connectivity index (χ1) is 9.48. The summed E-state index contributed by atoms with van der Waals surface area (Å²) in [5, 5.41) is 1.48. The molecule has 21 heavy (non-hydrogen) atoms. The molecule has 0 bridgehead atoms. The van der Waals surface area contributed by atoms with Gasteiger partial charge < -0.3 is 14.8 Å². The van der Waals surface area contributed by atoms with Crippen molar-refractivity contribution in [1.29, 1.82) is 0 Å². The summed E-state index contributed by atoms with van der Waals surface area (Å²) < 4.78 is 46.3. The van der Waals surface area contributed by atoms with Crippen LogP contribution in [-0.2, 0) is 23.9 Å². The van der Waals surface area contributed by atoms with Gasteiger partial charge in [-0.2, -0.15) is 13.2 Å². The van der Waals surface area contributed by atoms with Crippen molar-refractivity contribution in [3.8, 4) is 0 Å². The molecule has 0 aromatic rings. The van der Waals surface area contributed by atoms with E-state index < -0.39 is 42.3 Å². The van der Waals surface area contributed by atoms with E-state index in [1.165, 1.54) is 19.2 Å². The van der Waals surface area contributed by atoms with Gasteiger partial charge in [0.25, 0.3) is 0 Å². The van der Waals surface area contributed by atoms with Gasteiger partial charge in [0.2, 0.25) is 0 Å². The standard InChI is InChI=1S/C12H18F3NO5/c1-5-6(2)20-10(18)9(7(3)21-8(4)17)16-11(19)12(13,14)15/h6-7,9H,5H2,1-4H3,(H,16,19). The predicted molar refractivity (Wildman–Crippen MR) is 65.1 cm³/mol. The fourth-order valence-electron chi connectivity index (χ4n) is 1.28. The van der Waals surface area contributed by atoms with Gasteiger partial charge in [-0.15, -0.1) is 0 Å². The lowest BCUT2D eigenvalue weighted by Crippen LogP contribution is -2.53. The number of carbonyl (C=O) groups is 3. The highest BCUT2D eigenvalue weighted by atomic mass is 19.4. The Morgan fingerprint density at radius 3 is 2.05 bits per heavy atom. The van der Waals surface area contributed by atoms with Gasteiger partial charge >= 0.3 is 24.0 Å². The van der Waals surface area contributed by atoms with E-state index in [1.807, 2.05) is 0 Å². The first-order valence-corrected chi connectivity index (χ1v) is 6.24. The molecule has 0 aliphatic heterocycles. The highest BCUT2D eigenvalue weighted by Gasteiger charge is 2.43. The molecule has 0 rings (SSSR count). The second-order valence-electron chi connectivity index (χ2n) is 4.42. The van der Waals surface area contributed by atoms with Crippen LogP contribution in [0.15, 0.2) is 0 Å². The maximum absolute atomic E-state index is 12.3. The third-order valence-corrected chi connectivity index (χ3v) is 2.51. The van der Waals surface area contributed by atoms with Crippen LogP contribution in [0.1, 0.15) is 34.1 Å². The molecule has 0 heterocycles. The van der Waals surface area contributed by atoms with E-state index in [9.17, 15) is 27.6 Å². The van der Waals surface area contributed by atoms with Gasteiger partial charge in [0.05, 0.1) is 6.10 Å². The van der Waals surface area contributed by atoms with E-state index in [0.29, 0.717) is 6.42 Å². The van der Waals surface area contributed by atoms with Crippen LogP contribution in [0.2, 0.25) is 0 Å². The maximum atomic E-state index is 12.3. The van der Waals surface area contributed by atoms with Crippen molar-refractivity contribution in [3.63, 3.8) is 0 Å².